The standard InChI is InChI=1S/C20H18Cl2N4O4S/c1-2-8-26-17(27)6-5-15(24-26)18(28)23-7-9-25-19(29)16(31-20(25)30)10-12-3-4-13(21)11-14(12)22/h3-6,10-11H,2,7-9H2,1H3,(H,23,28)/b16-10-. The monoisotopic (exact) mass is 480 g/mol. The molecule has 0 saturated carbocycles. The molecule has 0 atom stereocenters. The second-order valence-corrected chi connectivity index (χ2v) is 8.37. The zero-order valence-electron chi connectivity index (χ0n) is 16.4. The van der Waals surface area contributed by atoms with E-state index in [4.69, 9.17) is 23.2 Å². The van der Waals surface area contributed by atoms with E-state index in [1.54, 1.807) is 18.2 Å². The van der Waals surface area contributed by atoms with Crippen molar-refractivity contribution in [1.82, 2.24) is 20.0 Å². The van der Waals surface area contributed by atoms with Crippen molar-refractivity contribution in [2.75, 3.05) is 13.1 Å². The predicted molar refractivity (Wildman–Crippen MR) is 120 cm³/mol. The van der Waals surface area contributed by atoms with Crippen LogP contribution in [0.25, 0.3) is 6.08 Å². The summed E-state index contributed by atoms with van der Waals surface area (Å²) in [4.78, 5) is 50.1. The van der Waals surface area contributed by atoms with Gasteiger partial charge in [0.25, 0.3) is 22.6 Å². The van der Waals surface area contributed by atoms with Crippen LogP contribution in [0.3, 0.4) is 0 Å². The fourth-order valence-electron chi connectivity index (χ4n) is 2.77. The van der Waals surface area contributed by atoms with Gasteiger partial charge in [0.15, 0.2) is 0 Å². The molecular formula is C20H18Cl2N4O4S. The highest BCUT2D eigenvalue weighted by atomic mass is 35.5. The summed E-state index contributed by atoms with van der Waals surface area (Å²) >= 11 is 12.8. The van der Waals surface area contributed by atoms with E-state index in [-0.39, 0.29) is 29.2 Å². The molecule has 0 spiro atoms. The fourth-order valence-corrected chi connectivity index (χ4v) is 4.09. The van der Waals surface area contributed by atoms with Crippen molar-refractivity contribution in [3.63, 3.8) is 0 Å². The molecule has 162 valence electrons. The van der Waals surface area contributed by atoms with E-state index in [0.29, 0.717) is 28.6 Å². The van der Waals surface area contributed by atoms with Crippen LogP contribution in [0.15, 0.2) is 40.0 Å². The molecule has 1 aromatic carbocycles. The summed E-state index contributed by atoms with van der Waals surface area (Å²) in [6.45, 7) is 2.34. The molecule has 1 aliphatic heterocycles. The van der Waals surface area contributed by atoms with Crippen LogP contribution in [-0.4, -0.2) is 44.8 Å². The lowest BCUT2D eigenvalue weighted by atomic mass is 10.2. The first-order chi connectivity index (χ1) is 14.8. The minimum atomic E-state index is -0.500. The molecule has 2 aromatic rings. The van der Waals surface area contributed by atoms with Gasteiger partial charge in [-0.1, -0.05) is 36.2 Å². The van der Waals surface area contributed by atoms with Gasteiger partial charge in [-0.25, -0.2) is 4.68 Å². The number of aryl methyl sites for hydroxylation is 1. The Labute approximate surface area is 192 Å². The Hall–Kier alpha value is -2.62. The molecular weight excluding hydrogens is 463 g/mol. The molecule has 11 heteroatoms. The van der Waals surface area contributed by atoms with Crippen LogP contribution in [0.4, 0.5) is 4.79 Å². The molecule has 1 fully saturated rings. The normalized spacial score (nSPS) is 15.1. The molecule has 3 rings (SSSR count). The van der Waals surface area contributed by atoms with Gasteiger partial charge >= 0.3 is 0 Å². The Balaban J connectivity index is 1.62. The average molecular weight is 481 g/mol. The molecule has 1 aromatic heterocycles. The van der Waals surface area contributed by atoms with Crippen LogP contribution < -0.4 is 10.9 Å². The Kier molecular flexibility index (Phi) is 7.53. The lowest BCUT2D eigenvalue weighted by Crippen LogP contribution is -2.38. The zero-order valence-corrected chi connectivity index (χ0v) is 18.8. The van der Waals surface area contributed by atoms with Gasteiger partial charge in [-0.05, 0) is 48.0 Å². The van der Waals surface area contributed by atoms with E-state index >= 15 is 0 Å². The second kappa shape index (κ2) is 10.1. The largest absolute Gasteiger partial charge is 0.349 e. The number of hydrogen-bond acceptors (Lipinski definition) is 6. The van der Waals surface area contributed by atoms with Crippen molar-refractivity contribution >= 4 is 58.1 Å². The SMILES string of the molecule is CCCn1nc(C(=O)NCCN2C(=O)S/C(=C\c3ccc(Cl)cc3Cl)C2=O)ccc1=O. The summed E-state index contributed by atoms with van der Waals surface area (Å²) in [7, 11) is 0. The molecule has 1 aliphatic rings. The van der Waals surface area contributed by atoms with Crippen molar-refractivity contribution in [2.45, 2.75) is 19.9 Å². The topological polar surface area (TPSA) is 101 Å². The molecule has 8 nitrogen and oxygen atoms in total. The maximum atomic E-state index is 12.6. The minimum Gasteiger partial charge on any atom is -0.349 e. The quantitative estimate of drug-likeness (QED) is 0.609. The number of halogens is 2. The van der Waals surface area contributed by atoms with Gasteiger partial charge in [0.1, 0.15) is 5.69 Å². The third kappa shape index (κ3) is 5.55. The smallest absolute Gasteiger partial charge is 0.293 e. The van der Waals surface area contributed by atoms with Crippen molar-refractivity contribution < 1.29 is 14.4 Å². The Bertz CT molecular complexity index is 1130. The maximum Gasteiger partial charge on any atom is 0.293 e. The van der Waals surface area contributed by atoms with E-state index in [9.17, 15) is 19.2 Å². The van der Waals surface area contributed by atoms with Crippen LogP contribution in [0.2, 0.25) is 10.0 Å². The van der Waals surface area contributed by atoms with Gasteiger partial charge in [0, 0.05) is 35.7 Å². The van der Waals surface area contributed by atoms with Crippen LogP contribution >= 0.6 is 35.0 Å². The summed E-state index contributed by atoms with van der Waals surface area (Å²) in [6, 6.07) is 7.45. The maximum absolute atomic E-state index is 12.6. The molecule has 0 bridgehead atoms. The van der Waals surface area contributed by atoms with Gasteiger partial charge < -0.3 is 5.32 Å². The van der Waals surface area contributed by atoms with Crippen molar-refractivity contribution in [1.29, 1.82) is 0 Å². The van der Waals surface area contributed by atoms with E-state index in [0.717, 1.165) is 16.7 Å². The summed E-state index contributed by atoms with van der Waals surface area (Å²) in [5.41, 5.74) is 0.362. The highest BCUT2D eigenvalue weighted by Gasteiger charge is 2.34. The third-order valence-corrected chi connectivity index (χ3v) is 5.75. The predicted octanol–water partition coefficient (Wildman–Crippen LogP) is 3.43. The summed E-state index contributed by atoms with van der Waals surface area (Å²) < 4.78 is 1.22. The van der Waals surface area contributed by atoms with Gasteiger partial charge in [0.2, 0.25) is 0 Å². The number of aromatic nitrogens is 2. The van der Waals surface area contributed by atoms with Crippen molar-refractivity contribution in [2.24, 2.45) is 0 Å². The lowest BCUT2D eigenvalue weighted by Gasteiger charge is -2.13. The van der Waals surface area contributed by atoms with Crippen LogP contribution in [-0.2, 0) is 11.3 Å². The highest BCUT2D eigenvalue weighted by Crippen LogP contribution is 2.33. The molecule has 1 N–H and O–H groups in total. The first-order valence-corrected chi connectivity index (χ1v) is 10.9. The van der Waals surface area contributed by atoms with Gasteiger partial charge in [-0.2, -0.15) is 5.10 Å². The van der Waals surface area contributed by atoms with Gasteiger partial charge in [-0.15, -0.1) is 0 Å². The summed E-state index contributed by atoms with van der Waals surface area (Å²) in [5, 5.41) is 7.02. The number of amides is 3. The number of nitrogens with one attached hydrogen (secondary N) is 1. The number of rotatable bonds is 7. The number of hydrogen-bond donors (Lipinski definition) is 1. The summed E-state index contributed by atoms with van der Waals surface area (Å²) in [6.07, 6.45) is 2.23. The minimum absolute atomic E-state index is 0.00328. The van der Waals surface area contributed by atoms with Crippen molar-refractivity contribution in [3.8, 4) is 0 Å². The third-order valence-electron chi connectivity index (χ3n) is 4.28. The number of carbonyl (C=O) groups is 3. The van der Waals surface area contributed by atoms with E-state index in [2.05, 4.69) is 10.4 Å². The number of nitrogens with zero attached hydrogens (tertiary/aromatic N) is 3. The van der Waals surface area contributed by atoms with E-state index in [1.165, 1.54) is 22.9 Å². The number of thioether (sulfide) groups is 1. The number of carbonyl (C=O) groups excluding carboxylic acids is 3. The Morgan fingerprint density at radius 2 is 1.94 bits per heavy atom. The second-order valence-electron chi connectivity index (χ2n) is 6.54. The van der Waals surface area contributed by atoms with Crippen molar-refractivity contribution in [3.05, 3.63) is 66.9 Å². The lowest BCUT2D eigenvalue weighted by molar-refractivity contribution is -0.122. The molecule has 0 radical (unpaired) electrons. The molecule has 3 amide bonds. The molecule has 1 saturated heterocycles. The zero-order chi connectivity index (χ0) is 22.5. The Morgan fingerprint density at radius 1 is 1.16 bits per heavy atom. The van der Waals surface area contributed by atoms with Crippen LogP contribution in [0.5, 0.6) is 0 Å². The van der Waals surface area contributed by atoms with Gasteiger partial charge in [-0.3, -0.25) is 24.1 Å². The molecule has 0 unspecified atom stereocenters. The van der Waals surface area contributed by atoms with Gasteiger partial charge in [0.05, 0.1) is 4.91 Å². The van der Waals surface area contributed by atoms with E-state index in [1.807, 2.05) is 6.92 Å². The Morgan fingerprint density at radius 3 is 2.65 bits per heavy atom. The molecule has 2 heterocycles. The summed E-state index contributed by atoms with van der Waals surface area (Å²) in [5.74, 6) is -0.967. The van der Waals surface area contributed by atoms with Crippen LogP contribution in [0, 0.1) is 0 Å². The number of benzene rings is 1. The molecule has 31 heavy (non-hydrogen) atoms. The highest BCUT2D eigenvalue weighted by molar-refractivity contribution is 8.18. The number of imide groups is 1. The fraction of sp³-hybridized carbons (Fsp3) is 0.250. The average Bonchev–Trinajstić information content (AvgIpc) is 2.99. The first-order valence-electron chi connectivity index (χ1n) is 9.37. The molecule has 0 aliphatic carbocycles. The first kappa shape index (κ1) is 23.1. The van der Waals surface area contributed by atoms with Crippen LogP contribution in [0.1, 0.15) is 29.4 Å². The van der Waals surface area contributed by atoms with E-state index < -0.39 is 17.1 Å².